The van der Waals surface area contributed by atoms with Gasteiger partial charge in [-0.05, 0) is 61.7 Å². The van der Waals surface area contributed by atoms with Gasteiger partial charge < -0.3 is 5.32 Å². The lowest BCUT2D eigenvalue weighted by Crippen LogP contribution is -2.32. The molecule has 1 N–H and O–H groups in total. The van der Waals surface area contributed by atoms with Gasteiger partial charge in [-0.2, -0.15) is 4.31 Å². The molecule has 1 aliphatic heterocycles. The molecular weight excluding hydrogens is 498 g/mol. The Morgan fingerprint density at radius 3 is 2.24 bits per heavy atom. The van der Waals surface area contributed by atoms with Crippen LogP contribution in [-0.2, 0) is 24.8 Å². The van der Waals surface area contributed by atoms with Crippen molar-refractivity contribution in [3.63, 3.8) is 0 Å². The van der Waals surface area contributed by atoms with Gasteiger partial charge in [0.2, 0.25) is 26.0 Å². The van der Waals surface area contributed by atoms with Crippen molar-refractivity contribution in [3.8, 4) is 0 Å². The Balaban J connectivity index is 1.56. The highest BCUT2D eigenvalue weighted by atomic mass is 35.5. The summed E-state index contributed by atoms with van der Waals surface area (Å²) in [5.74, 6) is -0.289. The van der Waals surface area contributed by atoms with Crippen LogP contribution in [0, 0.1) is 0 Å². The molecule has 0 saturated carbocycles. The van der Waals surface area contributed by atoms with Gasteiger partial charge in [-0.25, -0.2) is 16.8 Å². The molecule has 186 valence electrons. The lowest BCUT2D eigenvalue weighted by Gasteiger charge is -2.22. The fourth-order valence-corrected chi connectivity index (χ4v) is 6.52. The van der Waals surface area contributed by atoms with E-state index in [0.717, 1.165) is 31.9 Å². The number of nitrogens with zero attached hydrogens (tertiary/aromatic N) is 2. The van der Waals surface area contributed by atoms with Gasteiger partial charge in [0, 0.05) is 36.8 Å². The van der Waals surface area contributed by atoms with Gasteiger partial charge in [-0.3, -0.25) is 9.10 Å². The summed E-state index contributed by atoms with van der Waals surface area (Å²) in [5, 5.41) is 3.16. The average molecular weight is 528 g/mol. The summed E-state index contributed by atoms with van der Waals surface area (Å²) in [5.41, 5.74) is 0.922. The summed E-state index contributed by atoms with van der Waals surface area (Å²) in [6, 6.07) is 12.7. The monoisotopic (exact) mass is 527 g/mol. The number of sulfonamides is 2. The smallest absolute Gasteiger partial charge is 0.243 e. The molecule has 1 aliphatic rings. The SMILES string of the molecule is CS(=O)(=O)N(CCCC(=O)Nc1ccc(S(=O)(=O)N2CCCCCC2)cc1)c1cccc(Cl)c1. The normalized spacial score (nSPS) is 15.5. The van der Waals surface area contributed by atoms with E-state index in [9.17, 15) is 21.6 Å². The first-order valence-corrected chi connectivity index (χ1v) is 14.9. The summed E-state index contributed by atoms with van der Waals surface area (Å²) in [6.07, 6.45) is 5.31. The Bertz CT molecular complexity index is 1190. The predicted octanol–water partition coefficient (Wildman–Crippen LogP) is 4.09. The van der Waals surface area contributed by atoms with Gasteiger partial charge in [-0.15, -0.1) is 0 Å². The molecule has 8 nitrogen and oxygen atoms in total. The standard InChI is InChI=1S/C23H30ClN3O5S2/c1-33(29,30)27(21-9-6-8-19(24)18-21)17-7-10-23(28)25-20-11-13-22(14-12-20)34(31,32)26-15-4-2-3-5-16-26/h6,8-9,11-14,18H,2-5,7,10,15-17H2,1H3,(H,25,28). The number of nitrogens with one attached hydrogen (secondary N) is 1. The van der Waals surface area contributed by atoms with Gasteiger partial charge >= 0.3 is 0 Å². The maximum Gasteiger partial charge on any atom is 0.243 e. The number of carbonyl (C=O) groups excluding carboxylic acids is 1. The largest absolute Gasteiger partial charge is 0.326 e. The number of anilines is 2. The van der Waals surface area contributed by atoms with E-state index in [0.29, 0.717) is 35.9 Å². The van der Waals surface area contributed by atoms with Crippen molar-refractivity contribution in [1.29, 1.82) is 0 Å². The van der Waals surface area contributed by atoms with Crippen molar-refractivity contribution in [3.05, 3.63) is 53.6 Å². The Labute approximate surface area is 207 Å². The molecule has 3 rings (SSSR count). The molecule has 1 amide bonds. The summed E-state index contributed by atoms with van der Waals surface area (Å²) in [6.45, 7) is 1.18. The molecule has 2 aromatic rings. The van der Waals surface area contributed by atoms with Crippen molar-refractivity contribution >= 4 is 48.9 Å². The Hall–Kier alpha value is -2.14. The van der Waals surface area contributed by atoms with E-state index in [1.54, 1.807) is 36.4 Å². The predicted molar refractivity (Wildman–Crippen MR) is 135 cm³/mol. The van der Waals surface area contributed by atoms with Crippen molar-refractivity contribution in [1.82, 2.24) is 4.31 Å². The van der Waals surface area contributed by atoms with E-state index in [4.69, 9.17) is 11.6 Å². The zero-order valence-corrected chi connectivity index (χ0v) is 21.5. The first-order valence-electron chi connectivity index (χ1n) is 11.2. The molecular formula is C23H30ClN3O5S2. The maximum absolute atomic E-state index is 12.9. The number of amides is 1. The average Bonchev–Trinajstić information content (AvgIpc) is 3.06. The van der Waals surface area contributed by atoms with E-state index < -0.39 is 20.0 Å². The maximum atomic E-state index is 12.9. The molecule has 0 bridgehead atoms. The number of halogens is 1. The third-order valence-corrected chi connectivity index (χ3v) is 8.94. The highest BCUT2D eigenvalue weighted by Crippen LogP contribution is 2.23. The summed E-state index contributed by atoms with van der Waals surface area (Å²) < 4.78 is 52.9. The van der Waals surface area contributed by atoms with Crippen LogP contribution in [0.5, 0.6) is 0 Å². The minimum atomic E-state index is -3.55. The van der Waals surface area contributed by atoms with Crippen LogP contribution in [0.15, 0.2) is 53.4 Å². The van der Waals surface area contributed by atoms with Gasteiger partial charge in [0.25, 0.3) is 0 Å². The van der Waals surface area contributed by atoms with E-state index in [-0.39, 0.29) is 23.8 Å². The second-order valence-corrected chi connectivity index (χ2v) is 12.6. The quantitative estimate of drug-likeness (QED) is 0.529. The van der Waals surface area contributed by atoms with Crippen LogP contribution in [0.1, 0.15) is 38.5 Å². The van der Waals surface area contributed by atoms with Crippen LogP contribution in [0.2, 0.25) is 5.02 Å². The molecule has 0 spiro atoms. The van der Waals surface area contributed by atoms with Crippen LogP contribution in [-0.4, -0.2) is 52.9 Å². The minimum Gasteiger partial charge on any atom is -0.326 e. The minimum absolute atomic E-state index is 0.0976. The van der Waals surface area contributed by atoms with Gasteiger partial charge in [0.15, 0.2) is 0 Å². The summed E-state index contributed by atoms with van der Waals surface area (Å²) >= 11 is 5.98. The molecule has 1 fully saturated rings. The van der Waals surface area contributed by atoms with Gasteiger partial charge in [0.05, 0.1) is 16.8 Å². The molecule has 11 heteroatoms. The van der Waals surface area contributed by atoms with Crippen LogP contribution in [0.25, 0.3) is 0 Å². The fraction of sp³-hybridized carbons (Fsp3) is 0.435. The van der Waals surface area contributed by atoms with E-state index >= 15 is 0 Å². The first kappa shape index (κ1) is 26.5. The lowest BCUT2D eigenvalue weighted by molar-refractivity contribution is -0.116. The summed E-state index contributed by atoms with van der Waals surface area (Å²) in [4.78, 5) is 12.6. The molecule has 0 aromatic heterocycles. The van der Waals surface area contributed by atoms with Crippen LogP contribution in [0.3, 0.4) is 0 Å². The lowest BCUT2D eigenvalue weighted by atomic mass is 10.2. The molecule has 0 aliphatic carbocycles. The zero-order valence-electron chi connectivity index (χ0n) is 19.1. The molecule has 34 heavy (non-hydrogen) atoms. The second kappa shape index (κ2) is 11.5. The van der Waals surface area contributed by atoms with E-state index in [1.807, 2.05) is 0 Å². The molecule has 0 atom stereocenters. The van der Waals surface area contributed by atoms with Crippen molar-refractivity contribution in [2.45, 2.75) is 43.4 Å². The molecule has 1 saturated heterocycles. The van der Waals surface area contributed by atoms with E-state index in [2.05, 4.69) is 5.32 Å². The Kier molecular flexibility index (Phi) is 8.97. The molecule has 2 aromatic carbocycles. The first-order chi connectivity index (χ1) is 16.1. The van der Waals surface area contributed by atoms with Crippen molar-refractivity contribution in [2.75, 3.05) is 35.5 Å². The highest BCUT2D eigenvalue weighted by molar-refractivity contribution is 7.92. The highest BCUT2D eigenvalue weighted by Gasteiger charge is 2.25. The number of benzene rings is 2. The number of carbonyl (C=O) groups is 1. The van der Waals surface area contributed by atoms with Crippen molar-refractivity contribution < 1.29 is 21.6 Å². The molecule has 0 unspecified atom stereocenters. The van der Waals surface area contributed by atoms with Gasteiger partial charge in [-0.1, -0.05) is 30.5 Å². The topological polar surface area (TPSA) is 104 Å². The fourth-order valence-electron chi connectivity index (χ4n) is 3.87. The molecule has 0 radical (unpaired) electrons. The second-order valence-electron chi connectivity index (χ2n) is 8.31. The third-order valence-electron chi connectivity index (χ3n) is 5.60. The molecule has 1 heterocycles. The number of rotatable bonds is 9. The van der Waals surface area contributed by atoms with Crippen LogP contribution < -0.4 is 9.62 Å². The van der Waals surface area contributed by atoms with Crippen LogP contribution in [0.4, 0.5) is 11.4 Å². The summed E-state index contributed by atoms with van der Waals surface area (Å²) in [7, 11) is -7.09. The Morgan fingerprint density at radius 1 is 1.00 bits per heavy atom. The third kappa shape index (κ3) is 7.18. The van der Waals surface area contributed by atoms with Crippen molar-refractivity contribution in [2.24, 2.45) is 0 Å². The Morgan fingerprint density at radius 2 is 1.65 bits per heavy atom. The van der Waals surface area contributed by atoms with Gasteiger partial charge in [0.1, 0.15) is 0 Å². The number of hydrogen-bond donors (Lipinski definition) is 1. The number of hydrogen-bond acceptors (Lipinski definition) is 5. The van der Waals surface area contributed by atoms with Crippen LogP contribution >= 0.6 is 11.6 Å². The van der Waals surface area contributed by atoms with E-state index in [1.165, 1.54) is 20.7 Å². The zero-order chi connectivity index (χ0) is 24.8.